The number of ether oxygens (including phenoxy) is 1. The Hall–Kier alpha value is -1.86. The Morgan fingerprint density at radius 1 is 1.06 bits per heavy atom. The summed E-state index contributed by atoms with van der Waals surface area (Å²) >= 11 is 7.03. The first kappa shape index (κ1) is 27.4. The van der Waals surface area contributed by atoms with Crippen molar-refractivity contribution in [3.8, 4) is 5.75 Å². The Morgan fingerprint density at radius 2 is 1.76 bits per heavy atom. The lowest BCUT2D eigenvalue weighted by atomic mass is 9.87. The standard InChI is InChI=1S/C26H34Br2N2O3/c1-17(2)14-29-25(32)18(3)30(15-19-8-7-9-21(27)12-19)24(31)16-33-23-11-10-20(13-22(23)28)26(4,5)6/h7-13,17-18H,14-16H2,1-6H3,(H,29,32)/t18-/m0/s1. The molecule has 33 heavy (non-hydrogen) atoms. The lowest BCUT2D eigenvalue weighted by Crippen LogP contribution is -2.49. The summed E-state index contributed by atoms with van der Waals surface area (Å²) in [4.78, 5) is 27.5. The quantitative estimate of drug-likeness (QED) is 0.390. The number of hydrogen-bond acceptors (Lipinski definition) is 3. The zero-order valence-corrected chi connectivity index (χ0v) is 23.4. The maximum Gasteiger partial charge on any atom is 0.261 e. The van der Waals surface area contributed by atoms with Gasteiger partial charge in [0.05, 0.1) is 4.47 Å². The number of hydrogen-bond donors (Lipinski definition) is 1. The topological polar surface area (TPSA) is 58.6 Å². The van der Waals surface area contributed by atoms with Gasteiger partial charge in [0.1, 0.15) is 11.8 Å². The van der Waals surface area contributed by atoms with E-state index in [9.17, 15) is 9.59 Å². The van der Waals surface area contributed by atoms with Crippen LogP contribution < -0.4 is 10.1 Å². The first-order chi connectivity index (χ1) is 15.4. The third-order valence-corrected chi connectivity index (χ3v) is 6.36. The maximum atomic E-state index is 13.2. The molecule has 180 valence electrons. The molecule has 0 radical (unpaired) electrons. The molecule has 0 aliphatic heterocycles. The number of nitrogens with zero attached hydrogens (tertiary/aromatic N) is 1. The molecule has 1 atom stereocenters. The number of carbonyl (C=O) groups excluding carboxylic acids is 2. The van der Waals surface area contributed by atoms with E-state index in [-0.39, 0.29) is 23.8 Å². The van der Waals surface area contributed by atoms with Crippen molar-refractivity contribution >= 4 is 43.7 Å². The Morgan fingerprint density at radius 3 is 2.33 bits per heavy atom. The zero-order valence-electron chi connectivity index (χ0n) is 20.2. The van der Waals surface area contributed by atoms with Crippen molar-refractivity contribution in [2.24, 2.45) is 5.92 Å². The molecule has 7 heteroatoms. The van der Waals surface area contributed by atoms with Crippen LogP contribution in [-0.4, -0.2) is 35.9 Å². The number of amides is 2. The molecule has 0 fully saturated rings. The lowest BCUT2D eigenvalue weighted by Gasteiger charge is -2.29. The second kappa shape index (κ2) is 12.0. The average molecular weight is 582 g/mol. The molecule has 0 heterocycles. The molecule has 2 aromatic rings. The van der Waals surface area contributed by atoms with Crippen molar-refractivity contribution < 1.29 is 14.3 Å². The molecule has 0 aliphatic rings. The van der Waals surface area contributed by atoms with Crippen molar-refractivity contribution in [2.45, 2.75) is 59.5 Å². The third kappa shape index (κ3) is 8.45. The van der Waals surface area contributed by atoms with Gasteiger partial charge in [0, 0.05) is 17.6 Å². The fraction of sp³-hybridized carbons (Fsp3) is 0.462. The van der Waals surface area contributed by atoms with Crippen LogP contribution in [0.4, 0.5) is 0 Å². The number of rotatable bonds is 9. The number of carbonyl (C=O) groups is 2. The minimum Gasteiger partial charge on any atom is -0.483 e. The predicted molar refractivity (Wildman–Crippen MR) is 140 cm³/mol. The highest BCUT2D eigenvalue weighted by molar-refractivity contribution is 9.10. The van der Waals surface area contributed by atoms with Gasteiger partial charge in [-0.25, -0.2) is 0 Å². The molecule has 0 saturated heterocycles. The second-order valence-electron chi connectivity index (χ2n) is 9.65. The summed E-state index contributed by atoms with van der Waals surface area (Å²) in [6.45, 7) is 13.0. The predicted octanol–water partition coefficient (Wildman–Crippen LogP) is 6.08. The van der Waals surface area contributed by atoms with Gasteiger partial charge in [0.25, 0.3) is 5.91 Å². The van der Waals surface area contributed by atoms with E-state index >= 15 is 0 Å². The van der Waals surface area contributed by atoms with Crippen LogP contribution in [0.15, 0.2) is 51.4 Å². The largest absolute Gasteiger partial charge is 0.483 e. The van der Waals surface area contributed by atoms with E-state index in [2.05, 4.69) is 57.9 Å². The smallest absolute Gasteiger partial charge is 0.261 e. The Balaban J connectivity index is 2.17. The van der Waals surface area contributed by atoms with Gasteiger partial charge in [-0.3, -0.25) is 9.59 Å². The van der Waals surface area contributed by atoms with Crippen molar-refractivity contribution in [1.29, 1.82) is 0 Å². The van der Waals surface area contributed by atoms with E-state index in [1.807, 2.05) is 56.3 Å². The summed E-state index contributed by atoms with van der Waals surface area (Å²) in [5.41, 5.74) is 2.10. The van der Waals surface area contributed by atoms with Gasteiger partial charge in [-0.15, -0.1) is 0 Å². The fourth-order valence-corrected chi connectivity index (χ4v) is 4.11. The first-order valence-electron chi connectivity index (χ1n) is 11.1. The molecular formula is C26H34Br2N2O3. The number of nitrogens with one attached hydrogen (secondary N) is 1. The van der Waals surface area contributed by atoms with Crippen LogP contribution in [0.5, 0.6) is 5.75 Å². The van der Waals surface area contributed by atoms with Gasteiger partial charge in [-0.05, 0) is 69.6 Å². The summed E-state index contributed by atoms with van der Waals surface area (Å²) < 4.78 is 7.57. The minimum atomic E-state index is -0.634. The molecule has 1 N–H and O–H groups in total. The normalized spacial score (nSPS) is 12.4. The van der Waals surface area contributed by atoms with Crippen LogP contribution >= 0.6 is 31.9 Å². The number of benzene rings is 2. The highest BCUT2D eigenvalue weighted by atomic mass is 79.9. The summed E-state index contributed by atoms with van der Waals surface area (Å²) in [5, 5.41) is 2.93. The van der Waals surface area contributed by atoms with E-state index in [1.165, 1.54) is 5.56 Å². The van der Waals surface area contributed by atoms with E-state index in [0.717, 1.165) is 14.5 Å². The van der Waals surface area contributed by atoms with Crippen molar-refractivity contribution in [3.63, 3.8) is 0 Å². The van der Waals surface area contributed by atoms with Crippen LogP contribution in [0.1, 0.15) is 52.7 Å². The molecule has 0 spiro atoms. The Kier molecular flexibility index (Phi) is 9.98. The van der Waals surface area contributed by atoms with Crippen molar-refractivity contribution in [3.05, 3.63) is 62.5 Å². The van der Waals surface area contributed by atoms with E-state index in [0.29, 0.717) is 24.8 Å². The van der Waals surface area contributed by atoms with E-state index in [4.69, 9.17) is 4.74 Å². The van der Waals surface area contributed by atoms with Gasteiger partial charge in [0.15, 0.2) is 6.61 Å². The molecule has 0 unspecified atom stereocenters. The highest BCUT2D eigenvalue weighted by Gasteiger charge is 2.27. The molecule has 0 aromatic heterocycles. The van der Waals surface area contributed by atoms with Gasteiger partial charge < -0.3 is 15.0 Å². The summed E-state index contributed by atoms with van der Waals surface area (Å²) in [7, 11) is 0. The molecule has 0 saturated carbocycles. The van der Waals surface area contributed by atoms with Crippen LogP contribution in [0, 0.1) is 5.92 Å². The van der Waals surface area contributed by atoms with E-state index in [1.54, 1.807) is 11.8 Å². The monoisotopic (exact) mass is 580 g/mol. The van der Waals surface area contributed by atoms with Crippen LogP contribution in [0.25, 0.3) is 0 Å². The lowest BCUT2D eigenvalue weighted by molar-refractivity contribution is -0.142. The van der Waals surface area contributed by atoms with E-state index < -0.39 is 6.04 Å². The van der Waals surface area contributed by atoms with Crippen LogP contribution in [-0.2, 0) is 21.5 Å². The Labute approximate surface area is 214 Å². The molecule has 2 amide bonds. The van der Waals surface area contributed by atoms with Gasteiger partial charge in [-0.2, -0.15) is 0 Å². The summed E-state index contributed by atoms with van der Waals surface area (Å²) in [6.07, 6.45) is 0. The molecule has 0 bridgehead atoms. The fourth-order valence-electron chi connectivity index (χ4n) is 3.17. The molecule has 2 aromatic carbocycles. The minimum absolute atomic E-state index is 0.0103. The second-order valence-corrected chi connectivity index (χ2v) is 11.4. The molecule has 2 rings (SSSR count). The average Bonchev–Trinajstić information content (AvgIpc) is 2.73. The molecule has 0 aliphatic carbocycles. The maximum absolute atomic E-state index is 13.2. The van der Waals surface area contributed by atoms with Crippen molar-refractivity contribution in [1.82, 2.24) is 10.2 Å². The highest BCUT2D eigenvalue weighted by Crippen LogP contribution is 2.31. The van der Waals surface area contributed by atoms with Crippen LogP contribution in [0.2, 0.25) is 0 Å². The first-order valence-corrected chi connectivity index (χ1v) is 12.7. The SMILES string of the molecule is CC(C)CNC(=O)[C@H](C)N(Cc1cccc(Br)c1)C(=O)COc1ccc(C(C)(C)C)cc1Br. The third-order valence-electron chi connectivity index (χ3n) is 5.24. The van der Waals surface area contributed by atoms with Gasteiger partial charge in [-0.1, -0.05) is 68.7 Å². The molecule has 5 nitrogen and oxygen atoms in total. The van der Waals surface area contributed by atoms with Gasteiger partial charge in [0.2, 0.25) is 5.91 Å². The summed E-state index contributed by atoms with van der Waals surface area (Å²) in [5.74, 6) is 0.486. The number of halogens is 2. The molecular weight excluding hydrogens is 548 g/mol. The van der Waals surface area contributed by atoms with Crippen LogP contribution in [0.3, 0.4) is 0 Å². The summed E-state index contributed by atoms with van der Waals surface area (Å²) in [6, 6.07) is 13.0. The van der Waals surface area contributed by atoms with Crippen molar-refractivity contribution in [2.75, 3.05) is 13.2 Å². The zero-order chi connectivity index (χ0) is 24.8. The Bertz CT molecular complexity index is 970. The van der Waals surface area contributed by atoms with Gasteiger partial charge >= 0.3 is 0 Å².